The Hall–Kier alpha value is -3.61. The van der Waals surface area contributed by atoms with Crippen molar-refractivity contribution in [1.29, 1.82) is 0 Å². The number of hydrogen-bond donors (Lipinski definition) is 9. The number of aliphatic hydroxyl groups excluding tert-OH is 8. The first-order valence-electron chi connectivity index (χ1n) is 40.3. The van der Waals surface area contributed by atoms with Crippen molar-refractivity contribution in [2.24, 2.45) is 0 Å². The highest BCUT2D eigenvalue weighted by Gasteiger charge is 2.51. The third-order valence-electron chi connectivity index (χ3n) is 18.9. The molecule has 1 amide bonds. The first-order chi connectivity index (χ1) is 48.6. The smallest absolute Gasteiger partial charge is 0.220 e. The number of allylic oxidation sites excluding steroid dienone is 19. The van der Waals surface area contributed by atoms with Gasteiger partial charge in [-0.05, 0) is 96.3 Å². The van der Waals surface area contributed by atoms with Crippen LogP contribution in [0.2, 0.25) is 0 Å². The monoisotopic (exact) mass is 1390 g/mol. The lowest BCUT2D eigenvalue weighted by Gasteiger charge is -2.46. The minimum absolute atomic E-state index is 0.252. The summed E-state index contributed by atoms with van der Waals surface area (Å²) < 4.78 is 22.9. The second-order valence-corrected chi connectivity index (χ2v) is 27.8. The largest absolute Gasteiger partial charge is 0.394 e. The first-order valence-corrected chi connectivity index (χ1v) is 40.3. The molecule has 2 aliphatic heterocycles. The lowest BCUT2D eigenvalue weighted by molar-refractivity contribution is -0.359. The van der Waals surface area contributed by atoms with Gasteiger partial charge in [-0.1, -0.05) is 334 Å². The maximum atomic E-state index is 13.4. The number of amides is 1. The van der Waals surface area contributed by atoms with Gasteiger partial charge in [0, 0.05) is 6.42 Å². The van der Waals surface area contributed by atoms with Crippen LogP contribution in [0.4, 0.5) is 0 Å². The summed E-state index contributed by atoms with van der Waals surface area (Å²) in [6.45, 7) is 2.70. The van der Waals surface area contributed by atoms with Crippen LogP contribution in [0, 0.1) is 0 Å². The second kappa shape index (κ2) is 67.6. The van der Waals surface area contributed by atoms with Crippen LogP contribution < -0.4 is 5.32 Å². The molecule has 570 valence electrons. The summed E-state index contributed by atoms with van der Waals surface area (Å²) in [6.07, 6.45) is 82.7. The lowest BCUT2D eigenvalue weighted by Crippen LogP contribution is -2.65. The van der Waals surface area contributed by atoms with E-state index in [2.05, 4.69) is 129 Å². The molecule has 14 heteroatoms. The highest BCUT2D eigenvalue weighted by molar-refractivity contribution is 5.76. The number of carbonyl (C=O) groups excluding carboxylic acids is 1. The predicted octanol–water partition coefficient (Wildman–Crippen LogP) is 18.4. The molecule has 12 atom stereocenters. The van der Waals surface area contributed by atoms with E-state index >= 15 is 0 Å². The molecule has 0 bridgehead atoms. The third-order valence-corrected chi connectivity index (χ3v) is 18.9. The number of unbranched alkanes of at least 4 members (excludes halogenated alkanes) is 35. The average Bonchev–Trinajstić information content (AvgIpc) is 0.793. The molecule has 14 nitrogen and oxygen atoms in total. The normalized spacial score (nSPS) is 22.6. The molecule has 2 saturated heterocycles. The Balaban J connectivity index is 1.64. The topological polar surface area (TPSA) is 228 Å². The van der Waals surface area contributed by atoms with Crippen LogP contribution >= 0.6 is 0 Å². The van der Waals surface area contributed by atoms with Gasteiger partial charge in [-0.2, -0.15) is 0 Å². The highest BCUT2D eigenvalue weighted by Crippen LogP contribution is 2.30. The summed E-state index contributed by atoms with van der Waals surface area (Å²) in [7, 11) is 0. The SMILES string of the molecule is CC/C=C\C/C=C\C/C=C\C/C=C\C/C=C\C/C=C\C/C=C\C/C=C\CCCCCCCCCCCCCCC(=O)NC(COC1OC(CO)C(OC2OC(CO)C(O)C(O)C2O)C(O)C1O)C(O)/C=C/CC/C=C/CCCCCCCCCCCCCCCCCCCCCCCC. The minimum atomic E-state index is -1.80. The van der Waals surface area contributed by atoms with Crippen LogP contribution in [0.25, 0.3) is 0 Å². The Morgan fingerprint density at radius 1 is 0.374 bits per heavy atom. The Kier molecular flexibility index (Phi) is 62.4. The molecule has 2 aliphatic rings. The molecule has 12 unspecified atom stereocenters. The van der Waals surface area contributed by atoms with Crippen molar-refractivity contribution in [3.8, 4) is 0 Å². The van der Waals surface area contributed by atoms with Gasteiger partial charge in [0.05, 0.1) is 32.0 Å². The molecule has 2 fully saturated rings. The van der Waals surface area contributed by atoms with Crippen molar-refractivity contribution >= 4 is 5.91 Å². The fourth-order valence-corrected chi connectivity index (χ4v) is 12.6. The van der Waals surface area contributed by atoms with Crippen LogP contribution in [-0.2, 0) is 23.7 Å². The zero-order valence-electron chi connectivity index (χ0n) is 62.4. The Morgan fingerprint density at radius 3 is 1.11 bits per heavy atom. The van der Waals surface area contributed by atoms with Crippen molar-refractivity contribution in [3.63, 3.8) is 0 Å². The van der Waals surface area contributed by atoms with Gasteiger partial charge in [-0.15, -0.1) is 0 Å². The van der Waals surface area contributed by atoms with E-state index in [1.807, 2.05) is 6.08 Å². The van der Waals surface area contributed by atoms with E-state index in [4.69, 9.17) is 18.9 Å². The van der Waals surface area contributed by atoms with Gasteiger partial charge < -0.3 is 65.1 Å². The standard InChI is InChI=1S/C85H147NO13/c1-3-5-7-9-11-13-15-17-19-21-23-25-27-29-31-33-34-35-36-37-38-39-40-41-43-45-47-49-51-53-55-57-59-61-63-65-67-69-77(90)86-73(72-96-84-82(95)80(93)83(76(71-88)98-84)99-85-81(94)79(92)78(91)75(70-87)97-85)74(89)68-66-64-62-60-58-56-54-52-50-48-46-44-42-32-30-28-26-24-22-20-18-16-14-12-10-8-6-4-2/h5,7,11,13,17,19,23,25,29,31,34-35,37-38,40-41,58,60,66,68,73-76,78-85,87-89,91-95H,3-4,6,8-10,12,14-16,18,20-22,24,26-28,30,32-33,36,39,42-57,59,61-65,67,69-72H2,1-2H3,(H,86,90)/b7-5-,13-11-,19-17-,25-23-,31-29-,35-34-,38-37-,41-40-,60-58+,68-66+. The summed E-state index contributed by atoms with van der Waals surface area (Å²) >= 11 is 0. The number of hydrogen-bond acceptors (Lipinski definition) is 13. The summed E-state index contributed by atoms with van der Waals surface area (Å²) in [5, 5.41) is 87.7. The number of rotatable bonds is 66. The molecule has 0 spiro atoms. The van der Waals surface area contributed by atoms with Gasteiger partial charge in [0.1, 0.15) is 48.8 Å². The van der Waals surface area contributed by atoms with E-state index in [-0.39, 0.29) is 18.9 Å². The number of aliphatic hydroxyl groups is 8. The average molecular weight is 1390 g/mol. The summed E-state index contributed by atoms with van der Waals surface area (Å²) in [6, 6.07) is -0.942. The van der Waals surface area contributed by atoms with E-state index in [0.717, 1.165) is 89.9 Å². The molecule has 2 rings (SSSR count). The fourth-order valence-electron chi connectivity index (χ4n) is 12.6. The Morgan fingerprint density at radius 2 is 0.707 bits per heavy atom. The molecule has 2 heterocycles. The molecule has 0 aromatic rings. The number of nitrogens with one attached hydrogen (secondary N) is 1. The van der Waals surface area contributed by atoms with Crippen LogP contribution in [-0.4, -0.2) is 140 Å². The molecule has 0 saturated carbocycles. The predicted molar refractivity (Wildman–Crippen MR) is 410 cm³/mol. The van der Waals surface area contributed by atoms with E-state index < -0.39 is 86.8 Å². The summed E-state index contributed by atoms with van der Waals surface area (Å²) in [5.41, 5.74) is 0. The molecular weight excluding hydrogens is 1240 g/mol. The molecule has 0 radical (unpaired) electrons. The van der Waals surface area contributed by atoms with Crippen LogP contribution in [0.1, 0.15) is 316 Å². The van der Waals surface area contributed by atoms with Crippen molar-refractivity contribution in [2.45, 2.75) is 389 Å². The lowest BCUT2D eigenvalue weighted by atomic mass is 9.97. The van der Waals surface area contributed by atoms with Crippen molar-refractivity contribution in [2.75, 3.05) is 19.8 Å². The van der Waals surface area contributed by atoms with E-state index in [0.29, 0.717) is 12.8 Å². The third kappa shape index (κ3) is 50.4. The van der Waals surface area contributed by atoms with Crippen LogP contribution in [0.15, 0.2) is 122 Å². The zero-order chi connectivity index (χ0) is 71.5. The van der Waals surface area contributed by atoms with Crippen LogP contribution in [0.3, 0.4) is 0 Å². The first kappa shape index (κ1) is 91.5. The van der Waals surface area contributed by atoms with Gasteiger partial charge in [0.15, 0.2) is 12.6 Å². The Labute approximate surface area is 603 Å². The highest BCUT2D eigenvalue weighted by atomic mass is 16.7. The summed E-state index contributed by atoms with van der Waals surface area (Å²) in [5.74, 6) is -0.252. The quantitative estimate of drug-likeness (QED) is 0.0204. The van der Waals surface area contributed by atoms with Gasteiger partial charge in [0.2, 0.25) is 5.91 Å². The van der Waals surface area contributed by atoms with Crippen molar-refractivity contribution in [1.82, 2.24) is 5.32 Å². The van der Waals surface area contributed by atoms with E-state index in [9.17, 15) is 45.6 Å². The number of carbonyl (C=O) groups is 1. The van der Waals surface area contributed by atoms with Gasteiger partial charge in [-0.25, -0.2) is 0 Å². The zero-order valence-corrected chi connectivity index (χ0v) is 62.4. The second-order valence-electron chi connectivity index (χ2n) is 27.8. The van der Waals surface area contributed by atoms with Gasteiger partial charge >= 0.3 is 0 Å². The van der Waals surface area contributed by atoms with Gasteiger partial charge in [-0.3, -0.25) is 4.79 Å². The molecular formula is C85H147NO13. The Bertz CT molecular complexity index is 2130. The molecule has 99 heavy (non-hydrogen) atoms. The maximum absolute atomic E-state index is 13.4. The molecule has 0 aromatic heterocycles. The maximum Gasteiger partial charge on any atom is 0.220 e. The van der Waals surface area contributed by atoms with Crippen molar-refractivity contribution < 1.29 is 64.6 Å². The number of ether oxygens (including phenoxy) is 4. The molecule has 0 aromatic carbocycles. The molecule has 0 aliphatic carbocycles. The van der Waals surface area contributed by atoms with E-state index in [1.165, 1.54) is 193 Å². The molecule has 9 N–H and O–H groups in total. The minimum Gasteiger partial charge on any atom is -0.394 e. The van der Waals surface area contributed by atoms with Gasteiger partial charge in [0.25, 0.3) is 0 Å². The van der Waals surface area contributed by atoms with Crippen LogP contribution in [0.5, 0.6) is 0 Å². The van der Waals surface area contributed by atoms with Crippen molar-refractivity contribution in [3.05, 3.63) is 122 Å². The fraction of sp³-hybridized carbons (Fsp3) is 0.753. The van der Waals surface area contributed by atoms with E-state index in [1.54, 1.807) is 6.08 Å². The summed E-state index contributed by atoms with van der Waals surface area (Å²) in [4.78, 5) is 13.4.